The molecule has 1 unspecified atom stereocenters. The van der Waals surface area contributed by atoms with Crippen molar-refractivity contribution in [3.63, 3.8) is 0 Å². The number of amides is 3. The Labute approximate surface area is 110 Å². The molecular weight excluding hydrogens is 252 g/mol. The van der Waals surface area contributed by atoms with E-state index in [9.17, 15) is 19.2 Å². The molecule has 0 saturated carbocycles. The summed E-state index contributed by atoms with van der Waals surface area (Å²) in [4.78, 5) is 46.7. The second kappa shape index (κ2) is 5.38. The Bertz CT molecular complexity index is 430. The molecule has 0 spiro atoms. The van der Waals surface area contributed by atoms with Gasteiger partial charge in [-0.05, 0) is 12.3 Å². The molecule has 19 heavy (non-hydrogen) atoms. The predicted octanol–water partition coefficient (Wildman–Crippen LogP) is -0.249. The predicted molar refractivity (Wildman–Crippen MR) is 65.0 cm³/mol. The zero-order valence-corrected chi connectivity index (χ0v) is 11.2. The number of carbonyl (C=O) groups excluding carboxylic acids is 3. The number of carbonyl (C=O) groups is 4. The highest BCUT2D eigenvalue weighted by Crippen LogP contribution is 2.26. The van der Waals surface area contributed by atoms with Gasteiger partial charge >= 0.3 is 5.97 Å². The van der Waals surface area contributed by atoms with E-state index in [4.69, 9.17) is 5.11 Å². The fourth-order valence-corrected chi connectivity index (χ4v) is 2.00. The number of imide groups is 1. The van der Waals surface area contributed by atoms with Gasteiger partial charge in [0.25, 0.3) is 0 Å². The maximum absolute atomic E-state index is 12.1. The number of nitrogens with zero attached hydrogens (tertiary/aromatic N) is 1. The highest BCUT2D eigenvalue weighted by molar-refractivity contribution is 6.04. The van der Waals surface area contributed by atoms with Crippen LogP contribution in [-0.2, 0) is 19.2 Å². The van der Waals surface area contributed by atoms with Crippen LogP contribution in [0.15, 0.2) is 0 Å². The number of piperazine rings is 1. The molecule has 1 atom stereocenters. The van der Waals surface area contributed by atoms with Gasteiger partial charge in [-0.25, -0.2) is 0 Å². The van der Waals surface area contributed by atoms with Crippen LogP contribution in [0.2, 0.25) is 0 Å². The van der Waals surface area contributed by atoms with Gasteiger partial charge in [-0.3, -0.25) is 24.5 Å². The maximum atomic E-state index is 12.1. The maximum Gasteiger partial charge on any atom is 0.303 e. The fraction of sp³-hybridized carbons (Fsp3) is 0.667. The lowest BCUT2D eigenvalue weighted by Crippen LogP contribution is -2.59. The van der Waals surface area contributed by atoms with Crippen molar-refractivity contribution in [1.82, 2.24) is 10.2 Å². The minimum absolute atomic E-state index is 0.0236. The SMILES string of the molecule is CC1C(=O)NC(=O)CN1C(=O)CC(C)(C)CC(=O)O. The molecule has 0 aromatic carbocycles. The normalized spacial score (nSPS) is 20.2. The summed E-state index contributed by atoms with van der Waals surface area (Å²) in [6.45, 7) is 4.68. The van der Waals surface area contributed by atoms with Crippen molar-refractivity contribution in [2.45, 2.75) is 39.7 Å². The van der Waals surface area contributed by atoms with Gasteiger partial charge in [0.15, 0.2) is 0 Å². The first-order chi connectivity index (χ1) is 8.62. The number of carboxylic acid groups (broad SMARTS) is 1. The summed E-state index contributed by atoms with van der Waals surface area (Å²) in [5, 5.41) is 10.9. The summed E-state index contributed by atoms with van der Waals surface area (Å²) in [6.07, 6.45) is -0.175. The standard InChI is InChI=1S/C12H18N2O5/c1-7-11(19)13-8(15)6-14(7)9(16)4-12(2,3)5-10(17)18/h7H,4-6H2,1-3H3,(H,17,18)(H,13,15,19). The fourth-order valence-electron chi connectivity index (χ4n) is 2.00. The van der Waals surface area contributed by atoms with E-state index < -0.39 is 29.2 Å². The molecule has 0 aromatic heterocycles. The van der Waals surface area contributed by atoms with E-state index in [1.807, 2.05) is 0 Å². The van der Waals surface area contributed by atoms with Gasteiger partial charge in [0.05, 0.1) is 6.42 Å². The van der Waals surface area contributed by atoms with E-state index >= 15 is 0 Å². The lowest BCUT2D eigenvalue weighted by molar-refractivity contribution is -0.151. The van der Waals surface area contributed by atoms with E-state index in [-0.39, 0.29) is 25.3 Å². The second-order valence-corrected chi connectivity index (χ2v) is 5.52. The Hall–Kier alpha value is -1.92. The van der Waals surface area contributed by atoms with Crippen molar-refractivity contribution in [2.75, 3.05) is 6.54 Å². The molecule has 0 bridgehead atoms. The first-order valence-electron chi connectivity index (χ1n) is 5.97. The summed E-state index contributed by atoms with van der Waals surface area (Å²) in [5.74, 6) is -2.41. The van der Waals surface area contributed by atoms with Gasteiger partial charge in [0, 0.05) is 6.42 Å². The monoisotopic (exact) mass is 270 g/mol. The molecule has 0 aliphatic carbocycles. The van der Waals surface area contributed by atoms with Gasteiger partial charge in [-0.15, -0.1) is 0 Å². The average Bonchev–Trinajstić information content (AvgIpc) is 2.20. The molecule has 7 heteroatoms. The van der Waals surface area contributed by atoms with E-state index in [0.717, 1.165) is 0 Å². The molecule has 0 aromatic rings. The first-order valence-corrected chi connectivity index (χ1v) is 5.97. The number of carboxylic acids is 1. The van der Waals surface area contributed by atoms with Crippen LogP contribution in [0.5, 0.6) is 0 Å². The van der Waals surface area contributed by atoms with Gasteiger partial charge in [-0.1, -0.05) is 13.8 Å². The van der Waals surface area contributed by atoms with Crippen LogP contribution in [0, 0.1) is 5.41 Å². The molecule has 3 amide bonds. The van der Waals surface area contributed by atoms with E-state index in [1.54, 1.807) is 13.8 Å². The Morgan fingerprint density at radius 2 is 1.95 bits per heavy atom. The Balaban J connectivity index is 2.74. The van der Waals surface area contributed by atoms with Gasteiger partial charge in [0.1, 0.15) is 12.6 Å². The van der Waals surface area contributed by atoms with Crippen LogP contribution in [0.25, 0.3) is 0 Å². The number of hydrogen-bond donors (Lipinski definition) is 2. The van der Waals surface area contributed by atoms with Crippen molar-refractivity contribution in [2.24, 2.45) is 5.41 Å². The third-order valence-electron chi connectivity index (χ3n) is 3.00. The summed E-state index contributed by atoms with van der Waals surface area (Å²) in [6, 6.07) is -0.717. The summed E-state index contributed by atoms with van der Waals surface area (Å²) in [7, 11) is 0. The largest absolute Gasteiger partial charge is 0.481 e. The smallest absolute Gasteiger partial charge is 0.303 e. The summed E-state index contributed by atoms with van der Waals surface area (Å²) >= 11 is 0. The molecule has 2 N–H and O–H groups in total. The Kier molecular flexibility index (Phi) is 4.28. The Morgan fingerprint density at radius 3 is 2.47 bits per heavy atom. The third-order valence-corrected chi connectivity index (χ3v) is 3.00. The van der Waals surface area contributed by atoms with E-state index in [1.165, 1.54) is 11.8 Å². The molecule has 1 aliphatic heterocycles. The van der Waals surface area contributed by atoms with Crippen molar-refractivity contribution in [3.05, 3.63) is 0 Å². The van der Waals surface area contributed by atoms with Gasteiger partial charge in [-0.2, -0.15) is 0 Å². The zero-order chi connectivity index (χ0) is 14.8. The van der Waals surface area contributed by atoms with Crippen LogP contribution in [0.4, 0.5) is 0 Å². The summed E-state index contributed by atoms with van der Waals surface area (Å²) < 4.78 is 0. The van der Waals surface area contributed by atoms with E-state index in [0.29, 0.717) is 0 Å². The van der Waals surface area contributed by atoms with Crippen LogP contribution in [-0.4, -0.2) is 46.3 Å². The summed E-state index contributed by atoms with van der Waals surface area (Å²) in [5.41, 5.74) is -0.723. The molecule has 1 heterocycles. The van der Waals surface area contributed by atoms with E-state index in [2.05, 4.69) is 5.32 Å². The first kappa shape index (κ1) is 15.1. The second-order valence-electron chi connectivity index (χ2n) is 5.52. The van der Waals surface area contributed by atoms with Crippen molar-refractivity contribution >= 4 is 23.7 Å². The van der Waals surface area contributed by atoms with Crippen molar-refractivity contribution < 1.29 is 24.3 Å². The number of aliphatic carboxylic acids is 1. The topological polar surface area (TPSA) is 104 Å². The minimum atomic E-state index is -0.988. The molecule has 106 valence electrons. The molecular formula is C12H18N2O5. The quantitative estimate of drug-likeness (QED) is 0.686. The lowest BCUT2D eigenvalue weighted by atomic mass is 9.85. The number of hydrogen-bond acceptors (Lipinski definition) is 4. The highest BCUT2D eigenvalue weighted by atomic mass is 16.4. The molecule has 1 fully saturated rings. The molecule has 1 aliphatic rings. The van der Waals surface area contributed by atoms with Crippen LogP contribution in [0.1, 0.15) is 33.6 Å². The van der Waals surface area contributed by atoms with Gasteiger partial charge in [0.2, 0.25) is 17.7 Å². The van der Waals surface area contributed by atoms with Crippen molar-refractivity contribution in [3.8, 4) is 0 Å². The number of rotatable bonds is 4. The Morgan fingerprint density at radius 1 is 1.37 bits per heavy atom. The minimum Gasteiger partial charge on any atom is -0.481 e. The number of nitrogens with one attached hydrogen (secondary N) is 1. The zero-order valence-electron chi connectivity index (χ0n) is 11.2. The lowest BCUT2D eigenvalue weighted by Gasteiger charge is -2.34. The highest BCUT2D eigenvalue weighted by Gasteiger charge is 2.36. The average molecular weight is 270 g/mol. The van der Waals surface area contributed by atoms with Gasteiger partial charge < -0.3 is 10.0 Å². The van der Waals surface area contributed by atoms with Crippen LogP contribution >= 0.6 is 0 Å². The van der Waals surface area contributed by atoms with Crippen LogP contribution in [0.3, 0.4) is 0 Å². The molecule has 1 saturated heterocycles. The molecule has 7 nitrogen and oxygen atoms in total. The third kappa shape index (κ3) is 4.04. The van der Waals surface area contributed by atoms with Crippen molar-refractivity contribution in [1.29, 1.82) is 0 Å². The molecule has 1 rings (SSSR count). The molecule has 0 radical (unpaired) electrons. The van der Waals surface area contributed by atoms with Crippen LogP contribution < -0.4 is 5.32 Å².